The first-order chi connectivity index (χ1) is 16.3. The standard InChI is InChI=1S/C27H23N3O3S/c1-14-7-8-16(3)19(11-14)24(31)21-23(18-6-5-9-28-13-18)30(26(33)25(21)32)27-29-22-17(4)10-15(2)12-20(22)34-27/h5-13,23,31H,1-4H3. The van der Waals surface area contributed by atoms with E-state index in [-0.39, 0.29) is 11.3 Å². The first-order valence-corrected chi connectivity index (χ1v) is 11.7. The molecule has 0 bridgehead atoms. The molecule has 4 aromatic rings. The number of thiazole rings is 1. The molecule has 7 heteroatoms. The summed E-state index contributed by atoms with van der Waals surface area (Å²) in [7, 11) is 0. The highest BCUT2D eigenvalue weighted by Gasteiger charge is 2.48. The summed E-state index contributed by atoms with van der Waals surface area (Å²) >= 11 is 1.36. The molecule has 2 aromatic heterocycles. The number of aliphatic hydroxyl groups excluding tert-OH is 1. The van der Waals surface area contributed by atoms with Crippen molar-refractivity contribution in [1.29, 1.82) is 0 Å². The SMILES string of the molecule is Cc1ccc(C)c(C(O)=C2C(=O)C(=O)N(c3nc4c(C)cc(C)cc4s3)C2c2cccnc2)c1. The molecular weight excluding hydrogens is 446 g/mol. The summed E-state index contributed by atoms with van der Waals surface area (Å²) < 4.78 is 0.939. The molecule has 1 aliphatic heterocycles. The van der Waals surface area contributed by atoms with Gasteiger partial charge in [0.2, 0.25) is 0 Å². The number of anilines is 1. The third-order valence-electron chi connectivity index (χ3n) is 6.12. The van der Waals surface area contributed by atoms with E-state index < -0.39 is 17.7 Å². The molecule has 1 amide bonds. The van der Waals surface area contributed by atoms with Gasteiger partial charge in [-0.3, -0.25) is 19.5 Å². The number of hydrogen-bond acceptors (Lipinski definition) is 6. The molecule has 1 N–H and O–H groups in total. The molecule has 0 saturated carbocycles. The van der Waals surface area contributed by atoms with E-state index in [1.165, 1.54) is 16.2 Å². The Bertz CT molecular complexity index is 1500. The van der Waals surface area contributed by atoms with Crippen molar-refractivity contribution in [3.8, 4) is 0 Å². The fourth-order valence-electron chi connectivity index (χ4n) is 4.48. The van der Waals surface area contributed by atoms with Crippen molar-refractivity contribution >= 4 is 44.1 Å². The van der Waals surface area contributed by atoms with Crippen LogP contribution >= 0.6 is 11.3 Å². The molecule has 34 heavy (non-hydrogen) atoms. The number of nitrogens with zero attached hydrogens (tertiary/aromatic N) is 3. The molecule has 1 saturated heterocycles. The molecule has 5 rings (SSSR count). The minimum absolute atomic E-state index is 0.0406. The van der Waals surface area contributed by atoms with Crippen LogP contribution in [-0.2, 0) is 9.59 Å². The predicted molar refractivity (Wildman–Crippen MR) is 134 cm³/mol. The summed E-state index contributed by atoms with van der Waals surface area (Å²) in [6, 6.07) is 12.4. The lowest BCUT2D eigenvalue weighted by atomic mass is 9.94. The van der Waals surface area contributed by atoms with Crippen molar-refractivity contribution in [1.82, 2.24) is 9.97 Å². The first kappa shape index (κ1) is 22.0. The molecule has 1 aliphatic rings. The summed E-state index contributed by atoms with van der Waals surface area (Å²) in [5.74, 6) is -1.64. The van der Waals surface area contributed by atoms with Crippen LogP contribution < -0.4 is 4.90 Å². The fraction of sp³-hybridized carbons (Fsp3) is 0.185. The second-order valence-electron chi connectivity index (χ2n) is 8.70. The van der Waals surface area contributed by atoms with E-state index in [2.05, 4.69) is 4.98 Å². The van der Waals surface area contributed by atoms with Gasteiger partial charge < -0.3 is 5.11 Å². The summed E-state index contributed by atoms with van der Waals surface area (Å²) in [6.07, 6.45) is 3.24. The van der Waals surface area contributed by atoms with Crippen molar-refractivity contribution in [3.05, 3.63) is 93.8 Å². The Hall–Kier alpha value is -3.84. The van der Waals surface area contributed by atoms with Crippen LogP contribution in [-0.4, -0.2) is 26.8 Å². The van der Waals surface area contributed by atoms with Gasteiger partial charge in [0.05, 0.1) is 21.8 Å². The van der Waals surface area contributed by atoms with Gasteiger partial charge in [-0.1, -0.05) is 41.2 Å². The van der Waals surface area contributed by atoms with Gasteiger partial charge in [-0.15, -0.1) is 0 Å². The number of ketones is 1. The number of aryl methyl sites for hydroxylation is 4. The van der Waals surface area contributed by atoms with E-state index in [4.69, 9.17) is 4.98 Å². The zero-order valence-electron chi connectivity index (χ0n) is 19.3. The van der Waals surface area contributed by atoms with E-state index in [1.807, 2.05) is 58.0 Å². The maximum absolute atomic E-state index is 13.4. The molecule has 0 spiro atoms. The molecule has 6 nitrogen and oxygen atoms in total. The zero-order valence-corrected chi connectivity index (χ0v) is 20.1. The number of aliphatic hydroxyl groups is 1. The Morgan fingerprint density at radius 2 is 1.79 bits per heavy atom. The number of rotatable bonds is 3. The number of Topliss-reactive ketones (excluding diaryl/α,β-unsaturated/α-hetero) is 1. The second kappa shape index (κ2) is 8.18. The predicted octanol–water partition coefficient (Wildman–Crippen LogP) is 5.55. The van der Waals surface area contributed by atoms with E-state index in [0.29, 0.717) is 16.3 Å². The molecule has 3 heterocycles. The number of amides is 1. The van der Waals surface area contributed by atoms with Gasteiger partial charge in [-0.25, -0.2) is 4.98 Å². The van der Waals surface area contributed by atoms with E-state index in [9.17, 15) is 14.7 Å². The highest BCUT2D eigenvalue weighted by atomic mass is 32.1. The number of carbonyl (C=O) groups excluding carboxylic acids is 2. The maximum atomic E-state index is 13.4. The normalized spacial score (nSPS) is 17.6. The Labute approximate surface area is 201 Å². The molecule has 1 unspecified atom stereocenters. The van der Waals surface area contributed by atoms with Gasteiger partial charge in [-0.2, -0.15) is 0 Å². The minimum atomic E-state index is -0.837. The number of aromatic nitrogens is 2. The lowest BCUT2D eigenvalue weighted by molar-refractivity contribution is -0.132. The second-order valence-corrected chi connectivity index (χ2v) is 9.71. The van der Waals surface area contributed by atoms with Crippen LogP contribution in [0.3, 0.4) is 0 Å². The van der Waals surface area contributed by atoms with Gasteiger partial charge >= 0.3 is 5.91 Å². The van der Waals surface area contributed by atoms with Crippen LogP contribution in [0.1, 0.15) is 39.4 Å². The third kappa shape index (κ3) is 3.49. The van der Waals surface area contributed by atoms with Crippen molar-refractivity contribution in [2.45, 2.75) is 33.7 Å². The molecule has 2 aromatic carbocycles. The van der Waals surface area contributed by atoms with Crippen molar-refractivity contribution in [2.24, 2.45) is 0 Å². The number of fused-ring (bicyclic) bond motifs is 1. The van der Waals surface area contributed by atoms with Crippen molar-refractivity contribution in [3.63, 3.8) is 0 Å². The molecule has 1 fully saturated rings. The number of benzene rings is 2. The van der Waals surface area contributed by atoms with Gasteiger partial charge in [-0.05, 0) is 68.1 Å². The minimum Gasteiger partial charge on any atom is -0.507 e. The number of carbonyl (C=O) groups is 2. The largest absolute Gasteiger partial charge is 0.507 e. The Morgan fingerprint density at radius 3 is 2.53 bits per heavy atom. The maximum Gasteiger partial charge on any atom is 0.301 e. The van der Waals surface area contributed by atoms with Crippen LogP contribution in [0.15, 0.2) is 60.4 Å². The van der Waals surface area contributed by atoms with E-state index in [1.54, 1.807) is 24.5 Å². The van der Waals surface area contributed by atoms with E-state index >= 15 is 0 Å². The van der Waals surface area contributed by atoms with Crippen LogP contribution in [0.5, 0.6) is 0 Å². The lowest BCUT2D eigenvalue weighted by Crippen LogP contribution is -2.29. The zero-order chi connectivity index (χ0) is 24.1. The topological polar surface area (TPSA) is 83.4 Å². The Morgan fingerprint density at radius 1 is 1.00 bits per heavy atom. The quantitative estimate of drug-likeness (QED) is 0.242. The summed E-state index contributed by atoms with van der Waals surface area (Å²) in [5, 5.41) is 11.8. The number of pyridine rings is 1. The average Bonchev–Trinajstić information content (AvgIpc) is 3.34. The van der Waals surface area contributed by atoms with Crippen LogP contribution in [0.25, 0.3) is 16.0 Å². The van der Waals surface area contributed by atoms with Crippen LogP contribution in [0, 0.1) is 27.7 Å². The average molecular weight is 470 g/mol. The fourth-order valence-corrected chi connectivity index (χ4v) is 5.65. The smallest absolute Gasteiger partial charge is 0.301 e. The summed E-state index contributed by atoms with van der Waals surface area (Å²) in [5.41, 5.74) is 5.85. The first-order valence-electron chi connectivity index (χ1n) is 10.9. The van der Waals surface area contributed by atoms with Gasteiger partial charge in [0.25, 0.3) is 5.78 Å². The molecule has 0 aliphatic carbocycles. The molecular formula is C27H23N3O3S. The van der Waals surface area contributed by atoms with Crippen LogP contribution in [0.2, 0.25) is 0 Å². The highest BCUT2D eigenvalue weighted by molar-refractivity contribution is 7.22. The summed E-state index contributed by atoms with van der Waals surface area (Å²) in [4.78, 5) is 37.1. The highest BCUT2D eigenvalue weighted by Crippen LogP contribution is 2.44. The van der Waals surface area contributed by atoms with Gasteiger partial charge in [0.1, 0.15) is 5.76 Å². The Kier molecular flexibility index (Phi) is 5.29. The molecule has 1 atom stereocenters. The molecule has 0 radical (unpaired) electrons. The lowest BCUT2D eigenvalue weighted by Gasteiger charge is -2.22. The number of hydrogen-bond donors (Lipinski definition) is 1. The van der Waals surface area contributed by atoms with Crippen molar-refractivity contribution in [2.75, 3.05) is 4.90 Å². The van der Waals surface area contributed by atoms with Gasteiger partial charge in [0.15, 0.2) is 5.13 Å². The third-order valence-corrected chi connectivity index (χ3v) is 7.12. The monoisotopic (exact) mass is 469 g/mol. The van der Waals surface area contributed by atoms with Crippen LogP contribution in [0.4, 0.5) is 5.13 Å². The van der Waals surface area contributed by atoms with E-state index in [0.717, 1.165) is 32.5 Å². The van der Waals surface area contributed by atoms with Crippen molar-refractivity contribution < 1.29 is 14.7 Å². The summed E-state index contributed by atoms with van der Waals surface area (Å²) in [6.45, 7) is 7.77. The van der Waals surface area contributed by atoms with Gasteiger partial charge in [0, 0.05) is 18.0 Å². The Balaban J connectivity index is 1.76. The molecule has 170 valence electrons.